The van der Waals surface area contributed by atoms with Gasteiger partial charge in [-0.05, 0) is 60.4 Å². The van der Waals surface area contributed by atoms with Gasteiger partial charge in [0.25, 0.3) is 0 Å². The Morgan fingerprint density at radius 2 is 1.75 bits per heavy atom. The zero-order valence-corrected chi connectivity index (χ0v) is 21.3. The van der Waals surface area contributed by atoms with E-state index in [1.807, 2.05) is 44.2 Å². The quantitative estimate of drug-likeness (QED) is 0.435. The molecule has 184 valence electrons. The Hall–Kier alpha value is -3.35. The topological polar surface area (TPSA) is 77.9 Å². The third kappa shape index (κ3) is 3.43. The third-order valence-electron chi connectivity index (χ3n) is 7.46. The average Bonchev–Trinajstić information content (AvgIpc) is 3.08. The molecule has 0 aromatic heterocycles. The fourth-order valence-corrected chi connectivity index (χ4v) is 6.41. The van der Waals surface area contributed by atoms with Crippen LogP contribution in [-0.4, -0.2) is 34.5 Å². The second-order valence-corrected chi connectivity index (χ2v) is 10.1. The van der Waals surface area contributed by atoms with Crippen molar-refractivity contribution in [3.63, 3.8) is 0 Å². The molecule has 5 rings (SSSR count). The van der Waals surface area contributed by atoms with Gasteiger partial charge in [0.1, 0.15) is 5.41 Å². The van der Waals surface area contributed by atoms with Crippen LogP contribution in [0.4, 0.5) is 10.5 Å². The molecule has 2 heterocycles. The molecule has 36 heavy (non-hydrogen) atoms. The average molecular weight is 523 g/mol. The lowest BCUT2D eigenvalue weighted by Crippen LogP contribution is -2.60. The zero-order valence-electron chi connectivity index (χ0n) is 19.7. The van der Waals surface area contributed by atoms with E-state index < -0.39 is 29.4 Å². The van der Waals surface area contributed by atoms with E-state index in [0.29, 0.717) is 27.7 Å². The number of carboxylic acid groups (broad SMARTS) is 1. The Bertz CT molecular complexity index is 1410. The standard InChI is InChI=1S/C28H24Cl2N2O4/c1-3-31-24(33)15-22(17-8-6-9-18(29)13-17)28(25(31)20-10-5-4-7-16(20)2)21-12-11-19(30)14-23(21)32(26(28)34)27(35)36/h4-14,22,25H,3,15H2,1-2H3,(H,35,36). The first-order chi connectivity index (χ1) is 17.2. The second-order valence-electron chi connectivity index (χ2n) is 9.20. The van der Waals surface area contributed by atoms with Gasteiger partial charge in [-0.2, -0.15) is 0 Å². The highest BCUT2D eigenvalue weighted by atomic mass is 35.5. The number of aryl methyl sites for hydroxylation is 1. The summed E-state index contributed by atoms with van der Waals surface area (Å²) in [6.07, 6.45) is -1.37. The number of anilines is 1. The Kier molecular flexibility index (Phi) is 6.05. The number of carbonyl (C=O) groups is 3. The molecule has 1 saturated heterocycles. The number of likely N-dealkylation sites (N-methyl/N-ethyl adjacent to an activating group) is 1. The minimum absolute atomic E-state index is 0.0256. The number of carbonyl (C=O) groups excluding carboxylic acids is 2. The molecule has 3 atom stereocenters. The van der Waals surface area contributed by atoms with Gasteiger partial charge in [-0.1, -0.05) is 65.7 Å². The van der Waals surface area contributed by atoms with E-state index in [4.69, 9.17) is 23.2 Å². The number of rotatable bonds is 3. The molecular weight excluding hydrogens is 499 g/mol. The summed E-state index contributed by atoms with van der Waals surface area (Å²) < 4.78 is 0. The van der Waals surface area contributed by atoms with Crippen LogP contribution in [0.2, 0.25) is 10.0 Å². The van der Waals surface area contributed by atoms with E-state index >= 15 is 0 Å². The molecule has 2 aliphatic rings. The van der Waals surface area contributed by atoms with Gasteiger partial charge < -0.3 is 10.0 Å². The van der Waals surface area contributed by atoms with Crippen molar-refractivity contribution >= 4 is 46.8 Å². The van der Waals surface area contributed by atoms with Crippen LogP contribution in [0.25, 0.3) is 0 Å². The van der Waals surface area contributed by atoms with E-state index in [-0.39, 0.29) is 18.0 Å². The Balaban J connectivity index is 1.93. The maximum Gasteiger partial charge on any atom is 0.418 e. The maximum atomic E-state index is 14.6. The van der Waals surface area contributed by atoms with Crippen LogP contribution >= 0.6 is 23.2 Å². The number of hydrogen-bond donors (Lipinski definition) is 1. The number of likely N-dealkylation sites (tertiary alicyclic amines) is 1. The van der Waals surface area contributed by atoms with E-state index in [1.165, 1.54) is 6.07 Å². The zero-order chi connectivity index (χ0) is 25.8. The summed E-state index contributed by atoms with van der Waals surface area (Å²) in [7, 11) is 0. The van der Waals surface area contributed by atoms with Crippen molar-refractivity contribution in [2.45, 2.75) is 37.6 Å². The van der Waals surface area contributed by atoms with Crippen molar-refractivity contribution in [2.24, 2.45) is 0 Å². The number of hydrogen-bond acceptors (Lipinski definition) is 3. The third-order valence-corrected chi connectivity index (χ3v) is 7.93. The number of amides is 3. The Labute approximate surface area is 219 Å². The lowest BCUT2D eigenvalue weighted by Gasteiger charge is -2.52. The molecule has 2 aliphatic heterocycles. The number of fused-ring (bicyclic) bond motifs is 2. The molecule has 1 fully saturated rings. The highest BCUT2D eigenvalue weighted by Crippen LogP contribution is 2.61. The van der Waals surface area contributed by atoms with Crippen molar-refractivity contribution in [3.05, 3.63) is 99.0 Å². The summed E-state index contributed by atoms with van der Waals surface area (Å²) in [4.78, 5) is 43.2. The first-order valence-corrected chi connectivity index (χ1v) is 12.4. The summed E-state index contributed by atoms with van der Waals surface area (Å²) in [5.41, 5.74) is 1.73. The van der Waals surface area contributed by atoms with E-state index in [0.717, 1.165) is 16.0 Å². The van der Waals surface area contributed by atoms with Crippen molar-refractivity contribution in [3.8, 4) is 0 Å². The van der Waals surface area contributed by atoms with Crippen molar-refractivity contribution < 1.29 is 19.5 Å². The predicted octanol–water partition coefficient (Wildman–Crippen LogP) is 6.34. The van der Waals surface area contributed by atoms with Gasteiger partial charge >= 0.3 is 6.09 Å². The van der Waals surface area contributed by atoms with Crippen LogP contribution in [0, 0.1) is 6.92 Å². The van der Waals surface area contributed by atoms with Crippen LogP contribution in [0.1, 0.15) is 47.6 Å². The van der Waals surface area contributed by atoms with E-state index in [1.54, 1.807) is 35.2 Å². The summed E-state index contributed by atoms with van der Waals surface area (Å²) in [6, 6.07) is 18.9. The van der Waals surface area contributed by atoms with Crippen LogP contribution in [0.3, 0.4) is 0 Å². The SMILES string of the molecule is CCN1C(=O)CC(c2cccc(Cl)c2)C2(C(=O)N(C(=O)O)c3cc(Cl)ccc32)C1c1ccccc1C. The molecule has 0 radical (unpaired) electrons. The highest BCUT2D eigenvalue weighted by molar-refractivity contribution is 6.32. The minimum Gasteiger partial charge on any atom is -0.464 e. The molecule has 0 bridgehead atoms. The summed E-state index contributed by atoms with van der Waals surface area (Å²) in [5.74, 6) is -1.37. The number of piperidine rings is 1. The smallest absolute Gasteiger partial charge is 0.418 e. The molecule has 1 N–H and O–H groups in total. The van der Waals surface area contributed by atoms with Crippen molar-refractivity contribution in [1.82, 2.24) is 4.90 Å². The van der Waals surface area contributed by atoms with Gasteiger partial charge in [0.05, 0.1) is 11.7 Å². The summed E-state index contributed by atoms with van der Waals surface area (Å²) in [6.45, 7) is 4.15. The maximum absolute atomic E-state index is 14.6. The number of imide groups is 1. The molecule has 0 saturated carbocycles. The van der Waals surface area contributed by atoms with Crippen molar-refractivity contribution in [1.29, 1.82) is 0 Å². The normalized spacial score (nSPS) is 23.3. The van der Waals surface area contributed by atoms with Gasteiger partial charge in [0.15, 0.2) is 0 Å². The van der Waals surface area contributed by atoms with E-state index in [9.17, 15) is 19.5 Å². The number of benzene rings is 3. The molecule has 6 nitrogen and oxygen atoms in total. The molecule has 3 amide bonds. The minimum atomic E-state index is -1.42. The van der Waals surface area contributed by atoms with Crippen LogP contribution in [0.15, 0.2) is 66.7 Å². The predicted molar refractivity (Wildman–Crippen MR) is 139 cm³/mol. The monoisotopic (exact) mass is 522 g/mol. The molecule has 3 aromatic carbocycles. The lowest BCUT2D eigenvalue weighted by atomic mass is 9.58. The molecule has 1 spiro atoms. The van der Waals surface area contributed by atoms with Gasteiger partial charge in [0, 0.05) is 28.9 Å². The molecule has 0 aliphatic carbocycles. The summed E-state index contributed by atoms with van der Waals surface area (Å²) >= 11 is 12.7. The van der Waals surface area contributed by atoms with Crippen LogP contribution in [-0.2, 0) is 15.0 Å². The first kappa shape index (κ1) is 24.3. The highest BCUT2D eigenvalue weighted by Gasteiger charge is 2.66. The van der Waals surface area contributed by atoms with Gasteiger partial charge in [0.2, 0.25) is 11.8 Å². The lowest BCUT2D eigenvalue weighted by molar-refractivity contribution is -0.145. The van der Waals surface area contributed by atoms with Crippen LogP contribution in [0.5, 0.6) is 0 Å². The second kappa shape index (κ2) is 8.95. The number of nitrogens with zero attached hydrogens (tertiary/aromatic N) is 2. The Morgan fingerprint density at radius 1 is 1.03 bits per heavy atom. The van der Waals surface area contributed by atoms with E-state index in [2.05, 4.69) is 0 Å². The molecule has 3 aromatic rings. The Morgan fingerprint density at radius 3 is 2.42 bits per heavy atom. The molecular formula is C28H24Cl2N2O4. The van der Waals surface area contributed by atoms with Crippen LogP contribution < -0.4 is 4.90 Å². The molecule has 3 unspecified atom stereocenters. The van der Waals surface area contributed by atoms with Gasteiger partial charge in [-0.25, -0.2) is 9.69 Å². The largest absolute Gasteiger partial charge is 0.464 e. The van der Waals surface area contributed by atoms with Gasteiger partial charge in [-0.15, -0.1) is 0 Å². The number of halogens is 2. The fourth-order valence-electron chi connectivity index (χ4n) is 6.04. The summed E-state index contributed by atoms with van der Waals surface area (Å²) in [5, 5.41) is 11.0. The fraction of sp³-hybridized carbons (Fsp3) is 0.250. The van der Waals surface area contributed by atoms with Crippen molar-refractivity contribution in [2.75, 3.05) is 11.4 Å². The molecule has 8 heteroatoms. The van der Waals surface area contributed by atoms with Gasteiger partial charge in [-0.3, -0.25) is 9.59 Å². The first-order valence-electron chi connectivity index (χ1n) is 11.7.